The maximum atomic E-state index is 12.0. The monoisotopic (exact) mass is 356 g/mol. The minimum Gasteiger partial charge on any atom is -0.394 e. The number of hydrogen-bond donors (Lipinski definition) is 2. The van der Waals surface area contributed by atoms with E-state index in [4.69, 9.17) is 0 Å². The number of nitrogens with zero attached hydrogens (tertiary/aromatic N) is 1. The van der Waals surface area contributed by atoms with Gasteiger partial charge in [-0.3, -0.25) is 9.59 Å². The first-order valence-electron chi connectivity index (χ1n) is 9.52. The second-order valence-corrected chi connectivity index (χ2v) is 7.17. The highest BCUT2D eigenvalue weighted by atomic mass is 16.3. The van der Waals surface area contributed by atoms with Gasteiger partial charge in [-0.1, -0.05) is 37.3 Å². The quantitative estimate of drug-likeness (QED) is 0.823. The Morgan fingerprint density at radius 2 is 1.96 bits per heavy atom. The minimum absolute atomic E-state index is 0.0248. The number of carbonyl (C=O) groups is 2. The van der Waals surface area contributed by atoms with Gasteiger partial charge in [0.2, 0.25) is 11.8 Å². The molecule has 5 heteroatoms. The summed E-state index contributed by atoms with van der Waals surface area (Å²) in [6, 6.07) is 8.14. The first-order valence-corrected chi connectivity index (χ1v) is 9.52. The van der Waals surface area contributed by atoms with Gasteiger partial charge in [0.1, 0.15) is 0 Å². The zero-order valence-corrected chi connectivity index (χ0v) is 15.6. The molecule has 1 fully saturated rings. The van der Waals surface area contributed by atoms with Crippen molar-refractivity contribution in [3.05, 3.63) is 41.5 Å². The van der Waals surface area contributed by atoms with Crippen LogP contribution in [0.15, 0.2) is 30.3 Å². The molecule has 140 valence electrons. The fraction of sp³-hybridized carbons (Fsp3) is 0.524. The molecular weight excluding hydrogens is 328 g/mol. The Balaban J connectivity index is 1.79. The summed E-state index contributed by atoms with van der Waals surface area (Å²) in [7, 11) is 0. The number of hydrogen-bond acceptors (Lipinski definition) is 3. The van der Waals surface area contributed by atoms with Gasteiger partial charge in [0.15, 0.2) is 0 Å². The molecule has 0 bridgehead atoms. The number of likely N-dealkylation sites (tertiary alicyclic amines) is 1. The number of aliphatic hydroxyl groups is 1. The number of nitrogens with one attached hydrogen (secondary N) is 1. The van der Waals surface area contributed by atoms with E-state index in [0.717, 1.165) is 18.4 Å². The Hall–Kier alpha value is -2.14. The number of rotatable bonds is 6. The minimum atomic E-state index is -0.229. The highest BCUT2D eigenvalue weighted by Gasteiger charge is 2.49. The molecule has 26 heavy (non-hydrogen) atoms. The van der Waals surface area contributed by atoms with Crippen molar-refractivity contribution in [2.24, 2.45) is 0 Å². The Bertz CT molecular complexity index is 696. The van der Waals surface area contributed by atoms with E-state index in [1.807, 2.05) is 6.92 Å². The third kappa shape index (κ3) is 3.54. The lowest BCUT2D eigenvalue weighted by atomic mass is 9.74. The van der Waals surface area contributed by atoms with Crippen LogP contribution in [0.2, 0.25) is 0 Å². The summed E-state index contributed by atoms with van der Waals surface area (Å²) in [6.45, 7) is 3.67. The molecule has 2 N–H and O–H groups in total. The number of allylic oxidation sites excluding steroid dienone is 2. The summed E-state index contributed by atoms with van der Waals surface area (Å²) in [6.07, 6.45) is 6.23. The van der Waals surface area contributed by atoms with Gasteiger partial charge in [-0.15, -0.1) is 0 Å². The largest absolute Gasteiger partial charge is 0.394 e. The Morgan fingerprint density at radius 3 is 2.50 bits per heavy atom. The van der Waals surface area contributed by atoms with Crippen molar-refractivity contribution in [2.45, 2.75) is 57.5 Å². The van der Waals surface area contributed by atoms with E-state index in [1.54, 1.807) is 4.90 Å². The molecule has 0 spiro atoms. The maximum absolute atomic E-state index is 12.0. The summed E-state index contributed by atoms with van der Waals surface area (Å²) >= 11 is 0. The molecule has 1 saturated heterocycles. The molecular formula is C21H28N2O3. The zero-order valence-electron chi connectivity index (χ0n) is 15.6. The summed E-state index contributed by atoms with van der Waals surface area (Å²) in [5.74, 6) is -0.0559. The van der Waals surface area contributed by atoms with E-state index in [1.165, 1.54) is 24.5 Å². The molecule has 2 aliphatic rings. The third-order valence-corrected chi connectivity index (χ3v) is 5.63. The fourth-order valence-corrected chi connectivity index (χ4v) is 4.28. The molecule has 1 aliphatic carbocycles. The van der Waals surface area contributed by atoms with Crippen LogP contribution >= 0.6 is 0 Å². The molecule has 0 radical (unpaired) electrons. The topological polar surface area (TPSA) is 69.6 Å². The molecule has 0 aromatic heterocycles. The average Bonchev–Trinajstić information content (AvgIpc) is 3.15. The Labute approximate surface area is 155 Å². The zero-order chi connectivity index (χ0) is 18.7. The van der Waals surface area contributed by atoms with E-state index in [9.17, 15) is 14.7 Å². The predicted molar refractivity (Wildman–Crippen MR) is 101 cm³/mol. The van der Waals surface area contributed by atoms with Crippen molar-refractivity contribution in [1.29, 1.82) is 0 Å². The van der Waals surface area contributed by atoms with Crippen molar-refractivity contribution < 1.29 is 14.7 Å². The van der Waals surface area contributed by atoms with E-state index in [2.05, 4.69) is 35.7 Å². The molecule has 1 aliphatic heterocycles. The lowest BCUT2D eigenvalue weighted by molar-refractivity contribution is -0.148. The van der Waals surface area contributed by atoms with E-state index < -0.39 is 0 Å². The van der Waals surface area contributed by atoms with Gasteiger partial charge < -0.3 is 15.3 Å². The van der Waals surface area contributed by atoms with Crippen molar-refractivity contribution >= 4 is 17.4 Å². The van der Waals surface area contributed by atoms with Gasteiger partial charge in [0.05, 0.1) is 18.7 Å². The van der Waals surface area contributed by atoms with Crippen LogP contribution in [0.25, 0.3) is 5.57 Å². The van der Waals surface area contributed by atoms with Crippen LogP contribution < -0.4 is 5.32 Å². The first-order chi connectivity index (χ1) is 12.6. The summed E-state index contributed by atoms with van der Waals surface area (Å²) < 4.78 is 0. The standard InChI is InChI=1S/C21H28N2O3/c1-3-20(26)22-12-18-21(19(13-24)23(18)14(2)25)17-10-8-16(9-11-17)15-6-4-5-7-15/h6,8-11,18-19,21,24H,3-5,7,12-13H2,1-2H3,(H,22,26)/t18-,19+,21+/m1/s1. The van der Waals surface area contributed by atoms with Crippen LogP contribution in [0.5, 0.6) is 0 Å². The van der Waals surface area contributed by atoms with Crippen molar-refractivity contribution in [1.82, 2.24) is 10.2 Å². The van der Waals surface area contributed by atoms with Crippen LogP contribution in [-0.4, -0.2) is 47.1 Å². The Kier molecular flexibility index (Phi) is 5.77. The molecule has 1 aromatic rings. The molecule has 1 aromatic carbocycles. The Morgan fingerprint density at radius 1 is 1.23 bits per heavy atom. The van der Waals surface area contributed by atoms with Gasteiger partial charge in [-0.05, 0) is 36.0 Å². The summed E-state index contributed by atoms with van der Waals surface area (Å²) in [5.41, 5.74) is 3.77. The van der Waals surface area contributed by atoms with Crippen molar-refractivity contribution in [3.63, 3.8) is 0 Å². The van der Waals surface area contributed by atoms with E-state index >= 15 is 0 Å². The second-order valence-electron chi connectivity index (χ2n) is 7.17. The average molecular weight is 356 g/mol. The van der Waals surface area contributed by atoms with Gasteiger partial charge in [0, 0.05) is 25.8 Å². The first kappa shape index (κ1) is 18.6. The second kappa shape index (κ2) is 8.04. The summed E-state index contributed by atoms with van der Waals surface area (Å²) in [4.78, 5) is 25.4. The van der Waals surface area contributed by atoms with Gasteiger partial charge in [0.25, 0.3) is 0 Å². The normalized spacial score (nSPS) is 24.8. The van der Waals surface area contributed by atoms with Crippen molar-refractivity contribution in [3.8, 4) is 0 Å². The number of benzene rings is 1. The predicted octanol–water partition coefficient (Wildman–Crippen LogP) is 2.46. The molecule has 0 unspecified atom stereocenters. The highest BCUT2D eigenvalue weighted by molar-refractivity contribution is 5.77. The highest BCUT2D eigenvalue weighted by Crippen LogP contribution is 2.41. The number of carbonyl (C=O) groups excluding carboxylic acids is 2. The third-order valence-electron chi connectivity index (χ3n) is 5.63. The fourth-order valence-electron chi connectivity index (χ4n) is 4.28. The molecule has 1 heterocycles. The van der Waals surface area contributed by atoms with Crippen LogP contribution in [0.1, 0.15) is 56.6 Å². The SMILES string of the molecule is CCC(=O)NC[C@@H]1[C@H](c2ccc(C3=CCCC3)cc2)[C@H](CO)N1C(C)=O. The van der Waals surface area contributed by atoms with E-state index in [-0.39, 0.29) is 36.4 Å². The number of aliphatic hydroxyl groups excluding tert-OH is 1. The maximum Gasteiger partial charge on any atom is 0.220 e. The molecule has 2 amide bonds. The molecule has 3 rings (SSSR count). The van der Waals surface area contributed by atoms with Crippen LogP contribution in [-0.2, 0) is 9.59 Å². The summed E-state index contributed by atoms with van der Waals surface area (Å²) in [5, 5.41) is 12.7. The lowest BCUT2D eigenvalue weighted by Gasteiger charge is -2.54. The smallest absolute Gasteiger partial charge is 0.220 e. The van der Waals surface area contributed by atoms with Crippen LogP contribution in [0.3, 0.4) is 0 Å². The lowest BCUT2D eigenvalue weighted by Crippen LogP contribution is -2.68. The van der Waals surface area contributed by atoms with Gasteiger partial charge >= 0.3 is 0 Å². The van der Waals surface area contributed by atoms with Crippen LogP contribution in [0.4, 0.5) is 0 Å². The van der Waals surface area contributed by atoms with Crippen LogP contribution in [0, 0.1) is 0 Å². The van der Waals surface area contributed by atoms with Gasteiger partial charge in [-0.2, -0.15) is 0 Å². The van der Waals surface area contributed by atoms with Gasteiger partial charge in [-0.25, -0.2) is 0 Å². The molecule has 5 nitrogen and oxygen atoms in total. The number of amides is 2. The molecule has 0 saturated carbocycles. The van der Waals surface area contributed by atoms with E-state index in [0.29, 0.717) is 13.0 Å². The van der Waals surface area contributed by atoms with Crippen molar-refractivity contribution in [2.75, 3.05) is 13.2 Å². The molecule has 3 atom stereocenters.